The predicted octanol–water partition coefficient (Wildman–Crippen LogP) is 4.04. The van der Waals surface area contributed by atoms with Gasteiger partial charge >= 0.3 is 0 Å². The van der Waals surface area contributed by atoms with Crippen LogP contribution < -0.4 is 5.11 Å². The first kappa shape index (κ1) is 16.3. The highest BCUT2D eigenvalue weighted by atomic mass is 16.3. The molecule has 0 fully saturated rings. The predicted molar refractivity (Wildman–Crippen MR) is 90.7 cm³/mol. The third kappa shape index (κ3) is 3.59. The Bertz CT molecular complexity index is 669. The molecule has 22 heavy (non-hydrogen) atoms. The Kier molecular flexibility index (Phi) is 4.19. The molecular formula is C19H25N2O-. The number of rotatable bonds is 2. The van der Waals surface area contributed by atoms with Crippen LogP contribution in [0.2, 0.25) is 0 Å². The summed E-state index contributed by atoms with van der Waals surface area (Å²) in [6.07, 6.45) is 5.35. The van der Waals surface area contributed by atoms with E-state index in [1.165, 1.54) is 0 Å². The molecule has 118 valence electrons. The molecule has 0 saturated carbocycles. The second kappa shape index (κ2) is 5.64. The fourth-order valence-corrected chi connectivity index (χ4v) is 2.27. The van der Waals surface area contributed by atoms with E-state index in [-0.39, 0.29) is 16.6 Å². The van der Waals surface area contributed by atoms with Crippen LogP contribution in [0.4, 0.5) is 0 Å². The van der Waals surface area contributed by atoms with E-state index in [1.807, 2.05) is 30.6 Å². The first-order chi connectivity index (χ1) is 10.1. The normalized spacial score (nSPS) is 13.0. The van der Waals surface area contributed by atoms with Gasteiger partial charge in [-0.3, -0.25) is 0 Å². The van der Waals surface area contributed by atoms with Gasteiger partial charge in [-0.05, 0) is 39.7 Å². The Hall–Kier alpha value is -2.03. The summed E-state index contributed by atoms with van der Waals surface area (Å²) in [5.41, 5.74) is 2.45. The molecule has 0 bridgehead atoms. The van der Waals surface area contributed by atoms with Crippen molar-refractivity contribution in [2.24, 2.45) is 5.10 Å². The van der Waals surface area contributed by atoms with Gasteiger partial charge in [0.05, 0.1) is 6.21 Å². The van der Waals surface area contributed by atoms with E-state index < -0.39 is 0 Å². The maximum Gasteiger partial charge on any atom is 0.0545 e. The lowest BCUT2D eigenvalue weighted by Crippen LogP contribution is -2.20. The fourth-order valence-electron chi connectivity index (χ4n) is 2.27. The fraction of sp³-hybridized carbons (Fsp3) is 0.421. The van der Waals surface area contributed by atoms with E-state index in [1.54, 1.807) is 10.9 Å². The molecule has 2 rings (SSSR count). The highest BCUT2D eigenvalue weighted by Gasteiger charge is 2.21. The van der Waals surface area contributed by atoms with Crippen LogP contribution in [-0.4, -0.2) is 10.9 Å². The van der Waals surface area contributed by atoms with Crippen LogP contribution in [-0.2, 0) is 10.8 Å². The SMILES string of the molecule is CC(C)(C)c1cc(/C=N/n2cccc2)c([O-])c(C(C)(C)C)c1. The average Bonchev–Trinajstić information content (AvgIpc) is 2.87. The van der Waals surface area contributed by atoms with E-state index in [0.717, 1.165) is 11.1 Å². The Morgan fingerprint density at radius 1 is 0.955 bits per heavy atom. The highest BCUT2D eigenvalue weighted by molar-refractivity contribution is 5.84. The summed E-state index contributed by atoms with van der Waals surface area (Å²) in [6, 6.07) is 7.82. The molecule has 1 heterocycles. The van der Waals surface area contributed by atoms with E-state index in [0.29, 0.717) is 5.56 Å². The van der Waals surface area contributed by atoms with Gasteiger partial charge in [0, 0.05) is 12.4 Å². The van der Waals surface area contributed by atoms with Crippen LogP contribution in [0.1, 0.15) is 58.2 Å². The van der Waals surface area contributed by atoms with Gasteiger partial charge in [0.15, 0.2) is 0 Å². The van der Waals surface area contributed by atoms with Crippen molar-refractivity contribution in [3.63, 3.8) is 0 Å². The Morgan fingerprint density at radius 3 is 2.05 bits per heavy atom. The molecule has 0 atom stereocenters. The minimum absolute atomic E-state index is 0.0102. The lowest BCUT2D eigenvalue weighted by atomic mass is 9.79. The van der Waals surface area contributed by atoms with Crippen molar-refractivity contribution in [1.82, 2.24) is 4.68 Å². The third-order valence-corrected chi connectivity index (χ3v) is 3.71. The molecule has 0 aliphatic carbocycles. The van der Waals surface area contributed by atoms with Gasteiger partial charge in [0.2, 0.25) is 0 Å². The summed E-state index contributed by atoms with van der Waals surface area (Å²) in [7, 11) is 0. The van der Waals surface area contributed by atoms with Gasteiger partial charge in [0.25, 0.3) is 0 Å². The number of aromatic nitrogens is 1. The van der Waals surface area contributed by atoms with Crippen LogP contribution in [0.3, 0.4) is 0 Å². The zero-order valence-corrected chi connectivity index (χ0v) is 14.3. The molecule has 3 nitrogen and oxygen atoms in total. The summed E-state index contributed by atoms with van der Waals surface area (Å²) >= 11 is 0. The third-order valence-electron chi connectivity index (χ3n) is 3.71. The van der Waals surface area contributed by atoms with Gasteiger partial charge in [-0.25, -0.2) is 4.68 Å². The molecule has 0 aliphatic rings. The lowest BCUT2D eigenvalue weighted by Gasteiger charge is -2.31. The van der Waals surface area contributed by atoms with Crippen LogP contribution in [0.25, 0.3) is 0 Å². The molecular weight excluding hydrogens is 272 g/mol. The van der Waals surface area contributed by atoms with Gasteiger partial charge < -0.3 is 5.11 Å². The minimum atomic E-state index is -0.186. The molecule has 0 N–H and O–H groups in total. The molecule has 0 amide bonds. The molecule has 0 aliphatic heterocycles. The summed E-state index contributed by atoms with van der Waals surface area (Å²) in [5.74, 6) is 0.0661. The van der Waals surface area contributed by atoms with Gasteiger partial charge in [-0.1, -0.05) is 59.4 Å². The highest BCUT2D eigenvalue weighted by Crippen LogP contribution is 2.35. The summed E-state index contributed by atoms with van der Waals surface area (Å²) in [5, 5.41) is 17.1. The number of hydrogen-bond donors (Lipinski definition) is 0. The lowest BCUT2D eigenvalue weighted by molar-refractivity contribution is -0.270. The molecule has 1 aromatic carbocycles. The molecule has 0 spiro atoms. The smallest absolute Gasteiger partial charge is 0.0545 e. The van der Waals surface area contributed by atoms with Crippen molar-refractivity contribution in [3.8, 4) is 5.75 Å². The van der Waals surface area contributed by atoms with E-state index >= 15 is 0 Å². The number of benzene rings is 1. The Labute approximate surface area is 133 Å². The van der Waals surface area contributed by atoms with Crippen molar-refractivity contribution in [2.45, 2.75) is 52.4 Å². The van der Waals surface area contributed by atoms with Crippen LogP contribution in [0, 0.1) is 0 Å². The first-order valence-corrected chi connectivity index (χ1v) is 7.62. The van der Waals surface area contributed by atoms with Crippen molar-refractivity contribution in [3.05, 3.63) is 53.3 Å². The van der Waals surface area contributed by atoms with Crippen LogP contribution >= 0.6 is 0 Å². The average molecular weight is 297 g/mol. The standard InChI is InChI=1S/C19H26N2O/c1-18(2,3)15-11-14(13-20-21-9-7-8-10-21)17(22)16(12-15)19(4,5)6/h7-13,22H,1-6H3/p-1/b20-13+. The van der Waals surface area contributed by atoms with Crippen molar-refractivity contribution in [1.29, 1.82) is 0 Å². The van der Waals surface area contributed by atoms with Crippen LogP contribution in [0.5, 0.6) is 5.75 Å². The van der Waals surface area contributed by atoms with Crippen LogP contribution in [0.15, 0.2) is 41.8 Å². The van der Waals surface area contributed by atoms with Gasteiger partial charge in [-0.2, -0.15) is 5.10 Å². The maximum atomic E-state index is 12.8. The Balaban J connectivity index is 2.57. The molecule has 1 aromatic heterocycles. The monoisotopic (exact) mass is 297 g/mol. The molecule has 0 unspecified atom stereocenters. The van der Waals surface area contributed by atoms with Crippen molar-refractivity contribution in [2.75, 3.05) is 0 Å². The zero-order chi connectivity index (χ0) is 16.5. The molecule has 0 saturated heterocycles. The summed E-state index contributed by atoms with van der Waals surface area (Å²) in [4.78, 5) is 0. The van der Waals surface area contributed by atoms with Crippen molar-refractivity contribution >= 4 is 6.21 Å². The molecule has 0 radical (unpaired) electrons. The van der Waals surface area contributed by atoms with Crippen molar-refractivity contribution < 1.29 is 5.11 Å². The quantitative estimate of drug-likeness (QED) is 0.771. The van der Waals surface area contributed by atoms with Gasteiger partial charge in [0.1, 0.15) is 0 Å². The number of nitrogens with zero attached hydrogens (tertiary/aromatic N) is 2. The maximum absolute atomic E-state index is 12.8. The Morgan fingerprint density at radius 2 is 1.55 bits per heavy atom. The topological polar surface area (TPSA) is 40.3 Å². The second-order valence-electron chi connectivity index (χ2n) is 7.75. The molecule has 3 heteroatoms. The van der Waals surface area contributed by atoms with E-state index in [4.69, 9.17) is 0 Å². The zero-order valence-electron chi connectivity index (χ0n) is 14.3. The second-order valence-corrected chi connectivity index (χ2v) is 7.75. The van der Waals surface area contributed by atoms with E-state index in [2.05, 4.69) is 52.7 Å². The number of hydrogen-bond acceptors (Lipinski definition) is 2. The van der Waals surface area contributed by atoms with E-state index in [9.17, 15) is 5.11 Å². The summed E-state index contributed by atoms with van der Waals surface area (Å²) in [6.45, 7) is 12.7. The first-order valence-electron chi connectivity index (χ1n) is 7.62. The van der Waals surface area contributed by atoms with Gasteiger partial charge in [-0.15, -0.1) is 0 Å². The largest absolute Gasteiger partial charge is 0.872 e. The summed E-state index contributed by atoms with van der Waals surface area (Å²) < 4.78 is 1.69. The molecule has 2 aromatic rings. The minimum Gasteiger partial charge on any atom is -0.872 e.